The van der Waals surface area contributed by atoms with E-state index >= 15 is 0 Å². The Morgan fingerprint density at radius 3 is 2.06 bits per heavy atom. The Hall–Kier alpha value is -0.380. The van der Waals surface area contributed by atoms with E-state index in [1.165, 1.54) is 0 Å². The van der Waals surface area contributed by atoms with Crippen LogP contribution in [-0.2, 0) is 9.47 Å². The molecule has 1 aromatic rings. The average molecular weight is 315 g/mol. The number of hydrogen-bond donors (Lipinski definition) is 0. The summed E-state index contributed by atoms with van der Waals surface area (Å²) >= 11 is 3.55. The largest absolute Gasteiger partial charge is 0.348 e. The maximum absolute atomic E-state index is 5.84. The molecule has 0 saturated carbocycles. The summed E-state index contributed by atoms with van der Waals surface area (Å²) in [5.41, 5.74) is 1.07. The molecule has 0 bridgehead atoms. The maximum Gasteiger partial charge on any atom is 0.184 e. The summed E-state index contributed by atoms with van der Waals surface area (Å²) in [7, 11) is 0. The van der Waals surface area contributed by atoms with Gasteiger partial charge in [0.1, 0.15) is 0 Å². The number of hydrogen-bond acceptors (Lipinski definition) is 2. The number of ether oxygens (including phenoxy) is 2. The molecule has 0 saturated heterocycles. The molecule has 0 aliphatic rings. The Kier molecular flexibility index (Phi) is 8.31. The standard InChI is InChI=1S/C15H23BrO2/c1-3-5-11-17-15(18-12-6-4-2)13-9-7-8-10-14(13)16/h7-10,15H,3-6,11-12H2,1-2H3. The van der Waals surface area contributed by atoms with Gasteiger partial charge in [0, 0.05) is 10.0 Å². The van der Waals surface area contributed by atoms with Gasteiger partial charge in [-0.3, -0.25) is 0 Å². The molecular formula is C15H23BrO2. The van der Waals surface area contributed by atoms with E-state index in [0.717, 1.165) is 48.9 Å². The van der Waals surface area contributed by atoms with Crippen LogP contribution >= 0.6 is 15.9 Å². The van der Waals surface area contributed by atoms with Gasteiger partial charge >= 0.3 is 0 Å². The minimum Gasteiger partial charge on any atom is -0.348 e. The lowest BCUT2D eigenvalue weighted by Gasteiger charge is -2.20. The Bertz CT molecular complexity index is 318. The first-order valence-electron chi connectivity index (χ1n) is 6.77. The molecule has 0 aromatic heterocycles. The van der Waals surface area contributed by atoms with Gasteiger partial charge in [0.25, 0.3) is 0 Å². The molecule has 0 unspecified atom stereocenters. The number of unbranched alkanes of at least 4 members (excludes halogenated alkanes) is 2. The fourth-order valence-electron chi connectivity index (χ4n) is 1.56. The van der Waals surface area contributed by atoms with Crippen molar-refractivity contribution in [3.8, 4) is 0 Å². The normalized spacial score (nSPS) is 11.1. The van der Waals surface area contributed by atoms with Crippen molar-refractivity contribution in [2.45, 2.75) is 45.8 Å². The molecule has 0 aliphatic carbocycles. The van der Waals surface area contributed by atoms with Crippen molar-refractivity contribution < 1.29 is 9.47 Å². The molecule has 0 radical (unpaired) electrons. The van der Waals surface area contributed by atoms with Gasteiger partial charge in [0.15, 0.2) is 6.29 Å². The highest BCUT2D eigenvalue weighted by atomic mass is 79.9. The van der Waals surface area contributed by atoms with E-state index in [2.05, 4.69) is 29.8 Å². The molecule has 102 valence electrons. The molecule has 1 rings (SSSR count). The van der Waals surface area contributed by atoms with Gasteiger partial charge < -0.3 is 9.47 Å². The summed E-state index contributed by atoms with van der Waals surface area (Å²) in [6.45, 7) is 5.81. The molecule has 0 amide bonds. The minimum absolute atomic E-state index is 0.251. The van der Waals surface area contributed by atoms with Crippen LogP contribution in [0.3, 0.4) is 0 Å². The van der Waals surface area contributed by atoms with Gasteiger partial charge in [-0.05, 0) is 18.9 Å². The van der Waals surface area contributed by atoms with E-state index in [4.69, 9.17) is 9.47 Å². The monoisotopic (exact) mass is 314 g/mol. The second-order valence-electron chi connectivity index (χ2n) is 4.30. The first-order valence-corrected chi connectivity index (χ1v) is 7.56. The van der Waals surface area contributed by atoms with Crippen molar-refractivity contribution in [3.05, 3.63) is 34.3 Å². The molecule has 0 fully saturated rings. The first-order chi connectivity index (χ1) is 8.79. The van der Waals surface area contributed by atoms with E-state index in [9.17, 15) is 0 Å². The summed E-state index contributed by atoms with van der Waals surface area (Å²) in [5.74, 6) is 0. The van der Waals surface area contributed by atoms with Crippen LogP contribution in [-0.4, -0.2) is 13.2 Å². The van der Waals surface area contributed by atoms with Crippen LogP contribution < -0.4 is 0 Å². The van der Waals surface area contributed by atoms with Crippen LogP contribution in [0.15, 0.2) is 28.7 Å². The van der Waals surface area contributed by atoms with Crippen LogP contribution in [0.4, 0.5) is 0 Å². The smallest absolute Gasteiger partial charge is 0.184 e. The summed E-state index contributed by atoms with van der Waals surface area (Å²) in [6.07, 6.45) is 4.16. The zero-order valence-electron chi connectivity index (χ0n) is 11.3. The fraction of sp³-hybridized carbons (Fsp3) is 0.600. The van der Waals surface area contributed by atoms with Crippen LogP contribution in [0.2, 0.25) is 0 Å². The van der Waals surface area contributed by atoms with E-state index in [1.54, 1.807) is 0 Å². The third kappa shape index (κ3) is 5.51. The second-order valence-corrected chi connectivity index (χ2v) is 5.16. The Balaban J connectivity index is 2.60. The maximum atomic E-state index is 5.84. The molecule has 3 heteroatoms. The van der Waals surface area contributed by atoms with E-state index in [-0.39, 0.29) is 6.29 Å². The predicted octanol–water partition coefficient (Wildman–Crippen LogP) is 5.08. The second kappa shape index (κ2) is 9.54. The number of rotatable bonds is 9. The average Bonchev–Trinajstić information content (AvgIpc) is 2.38. The van der Waals surface area contributed by atoms with Gasteiger partial charge in [0.05, 0.1) is 13.2 Å². The quantitative estimate of drug-likeness (QED) is 0.467. The lowest BCUT2D eigenvalue weighted by Crippen LogP contribution is -2.11. The summed E-state index contributed by atoms with van der Waals surface area (Å²) in [6, 6.07) is 8.09. The molecular weight excluding hydrogens is 292 g/mol. The van der Waals surface area contributed by atoms with Gasteiger partial charge in [0.2, 0.25) is 0 Å². The Morgan fingerprint density at radius 2 is 1.56 bits per heavy atom. The van der Waals surface area contributed by atoms with E-state index < -0.39 is 0 Å². The summed E-state index contributed by atoms with van der Waals surface area (Å²) < 4.78 is 12.7. The van der Waals surface area contributed by atoms with Crippen LogP contribution in [0.5, 0.6) is 0 Å². The molecule has 1 aromatic carbocycles. The van der Waals surface area contributed by atoms with Gasteiger partial charge in [-0.25, -0.2) is 0 Å². The molecule has 0 spiro atoms. The molecule has 0 atom stereocenters. The van der Waals surface area contributed by atoms with Gasteiger partial charge in [-0.15, -0.1) is 0 Å². The van der Waals surface area contributed by atoms with Crippen molar-refractivity contribution in [1.29, 1.82) is 0 Å². The molecule has 0 aliphatic heterocycles. The van der Waals surface area contributed by atoms with Crippen molar-refractivity contribution in [2.75, 3.05) is 13.2 Å². The van der Waals surface area contributed by atoms with Crippen molar-refractivity contribution in [1.82, 2.24) is 0 Å². The Labute approximate surface area is 119 Å². The van der Waals surface area contributed by atoms with Crippen LogP contribution in [0.1, 0.15) is 51.4 Å². The predicted molar refractivity (Wildman–Crippen MR) is 78.6 cm³/mol. The topological polar surface area (TPSA) is 18.5 Å². The summed E-state index contributed by atoms with van der Waals surface area (Å²) in [5, 5.41) is 0. The van der Waals surface area contributed by atoms with E-state index in [1.807, 2.05) is 24.3 Å². The zero-order valence-corrected chi connectivity index (χ0v) is 12.9. The van der Waals surface area contributed by atoms with Gasteiger partial charge in [-0.1, -0.05) is 60.8 Å². The molecule has 0 N–H and O–H groups in total. The molecule has 0 heterocycles. The highest BCUT2D eigenvalue weighted by Gasteiger charge is 2.14. The highest BCUT2D eigenvalue weighted by Crippen LogP contribution is 2.27. The van der Waals surface area contributed by atoms with Crippen LogP contribution in [0.25, 0.3) is 0 Å². The molecule has 18 heavy (non-hydrogen) atoms. The lowest BCUT2D eigenvalue weighted by atomic mass is 10.2. The van der Waals surface area contributed by atoms with Gasteiger partial charge in [-0.2, -0.15) is 0 Å². The zero-order chi connectivity index (χ0) is 13.2. The Morgan fingerprint density at radius 1 is 1.00 bits per heavy atom. The number of benzene rings is 1. The molecule has 2 nitrogen and oxygen atoms in total. The van der Waals surface area contributed by atoms with Crippen molar-refractivity contribution in [2.24, 2.45) is 0 Å². The van der Waals surface area contributed by atoms with Crippen LogP contribution in [0, 0.1) is 0 Å². The lowest BCUT2D eigenvalue weighted by molar-refractivity contribution is -0.148. The highest BCUT2D eigenvalue weighted by molar-refractivity contribution is 9.10. The summed E-state index contributed by atoms with van der Waals surface area (Å²) in [4.78, 5) is 0. The fourth-order valence-corrected chi connectivity index (χ4v) is 2.04. The first kappa shape index (κ1) is 15.7. The van der Waals surface area contributed by atoms with Crippen molar-refractivity contribution in [3.63, 3.8) is 0 Å². The number of halogens is 1. The third-order valence-electron chi connectivity index (χ3n) is 2.69. The minimum atomic E-state index is -0.251. The SMILES string of the molecule is CCCCOC(OCCCC)c1ccccc1Br. The van der Waals surface area contributed by atoms with Crippen molar-refractivity contribution >= 4 is 15.9 Å². The third-order valence-corrected chi connectivity index (χ3v) is 3.42. The van der Waals surface area contributed by atoms with E-state index in [0.29, 0.717) is 0 Å².